The zero-order valence-corrected chi connectivity index (χ0v) is 8.77. The lowest BCUT2D eigenvalue weighted by Crippen LogP contribution is -2.19. The molecule has 0 amide bonds. The van der Waals surface area contributed by atoms with Crippen molar-refractivity contribution in [2.24, 2.45) is 5.73 Å². The van der Waals surface area contributed by atoms with Crippen molar-refractivity contribution in [3.63, 3.8) is 0 Å². The molecule has 2 N–H and O–H groups in total. The van der Waals surface area contributed by atoms with Gasteiger partial charge in [-0.3, -0.25) is 0 Å². The molecule has 0 aliphatic heterocycles. The van der Waals surface area contributed by atoms with Crippen molar-refractivity contribution < 1.29 is 9.53 Å². The van der Waals surface area contributed by atoms with Gasteiger partial charge in [0.25, 0.3) is 0 Å². The SMILES string of the molecule is C=C(C)C(=O)OCC(N)c1ccccc1. The minimum atomic E-state index is -0.401. The second kappa shape index (κ2) is 5.32. The summed E-state index contributed by atoms with van der Waals surface area (Å²) in [5, 5.41) is 0. The Morgan fingerprint density at radius 2 is 2.07 bits per heavy atom. The molecule has 0 aliphatic rings. The lowest BCUT2D eigenvalue weighted by molar-refractivity contribution is -0.139. The molecule has 1 aromatic carbocycles. The summed E-state index contributed by atoms with van der Waals surface area (Å²) in [6.07, 6.45) is 0. The van der Waals surface area contributed by atoms with Crippen molar-refractivity contribution in [2.45, 2.75) is 13.0 Å². The monoisotopic (exact) mass is 205 g/mol. The molecule has 0 spiro atoms. The summed E-state index contributed by atoms with van der Waals surface area (Å²) in [5.74, 6) is -0.401. The number of rotatable bonds is 4. The Bertz CT molecular complexity index is 346. The molecule has 0 bridgehead atoms. The van der Waals surface area contributed by atoms with Gasteiger partial charge in [0.15, 0.2) is 0 Å². The third kappa shape index (κ3) is 3.56. The summed E-state index contributed by atoms with van der Waals surface area (Å²) in [6.45, 7) is 5.27. The van der Waals surface area contributed by atoms with Crippen molar-refractivity contribution >= 4 is 5.97 Å². The highest BCUT2D eigenvalue weighted by Crippen LogP contribution is 2.10. The standard InChI is InChI=1S/C12H15NO2/c1-9(2)12(14)15-8-11(13)10-6-4-3-5-7-10/h3-7,11H,1,8,13H2,2H3. The molecule has 0 saturated carbocycles. The van der Waals surface area contributed by atoms with E-state index in [4.69, 9.17) is 10.5 Å². The van der Waals surface area contributed by atoms with Crippen LogP contribution in [0, 0.1) is 0 Å². The second-order valence-electron chi connectivity index (χ2n) is 3.40. The van der Waals surface area contributed by atoms with Crippen LogP contribution >= 0.6 is 0 Å². The molecule has 3 nitrogen and oxygen atoms in total. The summed E-state index contributed by atoms with van der Waals surface area (Å²) in [5.41, 5.74) is 7.17. The minimum Gasteiger partial charge on any atom is -0.460 e. The molecule has 0 fully saturated rings. The van der Waals surface area contributed by atoms with Gasteiger partial charge in [-0.25, -0.2) is 4.79 Å². The van der Waals surface area contributed by atoms with Gasteiger partial charge < -0.3 is 10.5 Å². The molecule has 0 saturated heterocycles. The molecule has 3 heteroatoms. The molecule has 1 rings (SSSR count). The molecule has 0 heterocycles. The average Bonchev–Trinajstić information content (AvgIpc) is 2.26. The Hall–Kier alpha value is -1.61. The van der Waals surface area contributed by atoms with Crippen LogP contribution in [-0.4, -0.2) is 12.6 Å². The predicted molar refractivity (Wildman–Crippen MR) is 59.1 cm³/mol. The van der Waals surface area contributed by atoms with E-state index in [1.807, 2.05) is 30.3 Å². The van der Waals surface area contributed by atoms with Gasteiger partial charge in [0.1, 0.15) is 6.61 Å². The predicted octanol–water partition coefficient (Wildman–Crippen LogP) is 1.81. The fraction of sp³-hybridized carbons (Fsp3) is 0.250. The lowest BCUT2D eigenvalue weighted by Gasteiger charge is -2.12. The van der Waals surface area contributed by atoms with Crippen molar-refractivity contribution in [3.8, 4) is 0 Å². The van der Waals surface area contributed by atoms with Crippen molar-refractivity contribution in [3.05, 3.63) is 48.0 Å². The van der Waals surface area contributed by atoms with Crippen LogP contribution < -0.4 is 5.73 Å². The fourth-order valence-corrected chi connectivity index (χ4v) is 1.09. The quantitative estimate of drug-likeness (QED) is 0.602. The number of esters is 1. The van der Waals surface area contributed by atoms with Crippen LogP contribution in [0.3, 0.4) is 0 Å². The zero-order valence-electron chi connectivity index (χ0n) is 8.77. The van der Waals surface area contributed by atoms with Gasteiger partial charge >= 0.3 is 5.97 Å². The lowest BCUT2D eigenvalue weighted by atomic mass is 10.1. The van der Waals surface area contributed by atoms with E-state index in [2.05, 4.69) is 6.58 Å². The highest BCUT2D eigenvalue weighted by atomic mass is 16.5. The van der Waals surface area contributed by atoms with Crippen LogP contribution in [0.4, 0.5) is 0 Å². The Balaban J connectivity index is 2.47. The van der Waals surface area contributed by atoms with Crippen LogP contribution in [-0.2, 0) is 9.53 Å². The fourth-order valence-electron chi connectivity index (χ4n) is 1.09. The van der Waals surface area contributed by atoms with Crippen molar-refractivity contribution in [1.82, 2.24) is 0 Å². The van der Waals surface area contributed by atoms with Gasteiger partial charge in [-0.2, -0.15) is 0 Å². The Morgan fingerprint density at radius 1 is 1.47 bits per heavy atom. The highest BCUT2D eigenvalue weighted by molar-refractivity contribution is 5.86. The van der Waals surface area contributed by atoms with Gasteiger partial charge in [-0.05, 0) is 12.5 Å². The first-order valence-electron chi connectivity index (χ1n) is 4.74. The van der Waals surface area contributed by atoms with Crippen LogP contribution in [0.15, 0.2) is 42.5 Å². The largest absolute Gasteiger partial charge is 0.460 e. The normalized spacial score (nSPS) is 11.9. The molecule has 0 aromatic heterocycles. The van der Waals surface area contributed by atoms with Gasteiger partial charge in [0.05, 0.1) is 6.04 Å². The minimum absolute atomic E-state index is 0.176. The molecular formula is C12H15NO2. The van der Waals surface area contributed by atoms with E-state index in [-0.39, 0.29) is 12.6 Å². The third-order valence-electron chi connectivity index (χ3n) is 1.97. The van der Waals surface area contributed by atoms with Crippen LogP contribution in [0.25, 0.3) is 0 Å². The first kappa shape index (κ1) is 11.5. The van der Waals surface area contributed by atoms with E-state index < -0.39 is 5.97 Å². The number of hydrogen-bond donors (Lipinski definition) is 1. The highest BCUT2D eigenvalue weighted by Gasteiger charge is 2.09. The average molecular weight is 205 g/mol. The van der Waals surface area contributed by atoms with Crippen molar-refractivity contribution in [2.75, 3.05) is 6.61 Å². The Labute approximate surface area is 89.5 Å². The molecule has 0 radical (unpaired) electrons. The number of hydrogen-bond acceptors (Lipinski definition) is 3. The first-order chi connectivity index (χ1) is 7.11. The van der Waals surface area contributed by atoms with E-state index in [0.29, 0.717) is 5.57 Å². The smallest absolute Gasteiger partial charge is 0.333 e. The number of ether oxygens (including phenoxy) is 1. The maximum Gasteiger partial charge on any atom is 0.333 e. The summed E-state index contributed by atoms with van der Waals surface area (Å²) in [6, 6.07) is 9.23. The molecule has 1 atom stereocenters. The third-order valence-corrected chi connectivity index (χ3v) is 1.97. The molecule has 1 aromatic rings. The molecule has 1 unspecified atom stereocenters. The van der Waals surface area contributed by atoms with Crippen LogP contribution in [0.1, 0.15) is 18.5 Å². The summed E-state index contributed by atoms with van der Waals surface area (Å²) in [4.78, 5) is 11.1. The van der Waals surface area contributed by atoms with Crippen LogP contribution in [0.2, 0.25) is 0 Å². The number of nitrogens with two attached hydrogens (primary N) is 1. The Morgan fingerprint density at radius 3 is 2.60 bits per heavy atom. The molecule has 15 heavy (non-hydrogen) atoms. The van der Waals surface area contributed by atoms with E-state index in [9.17, 15) is 4.79 Å². The number of carbonyl (C=O) groups is 1. The number of benzene rings is 1. The summed E-state index contributed by atoms with van der Waals surface area (Å²) in [7, 11) is 0. The summed E-state index contributed by atoms with van der Waals surface area (Å²) < 4.78 is 4.96. The van der Waals surface area contributed by atoms with Gasteiger partial charge in [-0.15, -0.1) is 0 Å². The topological polar surface area (TPSA) is 52.3 Å². The maximum atomic E-state index is 11.1. The number of carbonyl (C=O) groups excluding carboxylic acids is 1. The zero-order chi connectivity index (χ0) is 11.3. The summed E-state index contributed by atoms with van der Waals surface area (Å²) >= 11 is 0. The van der Waals surface area contributed by atoms with Gasteiger partial charge in [0, 0.05) is 5.57 Å². The van der Waals surface area contributed by atoms with E-state index in [1.165, 1.54) is 0 Å². The molecule has 0 aliphatic carbocycles. The maximum absolute atomic E-state index is 11.1. The molecule has 80 valence electrons. The first-order valence-corrected chi connectivity index (χ1v) is 4.74. The molecular weight excluding hydrogens is 190 g/mol. The van der Waals surface area contributed by atoms with E-state index in [0.717, 1.165) is 5.56 Å². The van der Waals surface area contributed by atoms with Gasteiger partial charge in [-0.1, -0.05) is 36.9 Å². The van der Waals surface area contributed by atoms with E-state index in [1.54, 1.807) is 6.92 Å². The second-order valence-corrected chi connectivity index (χ2v) is 3.40. The Kier molecular flexibility index (Phi) is 4.06. The van der Waals surface area contributed by atoms with Crippen molar-refractivity contribution in [1.29, 1.82) is 0 Å². The van der Waals surface area contributed by atoms with E-state index >= 15 is 0 Å². The van der Waals surface area contributed by atoms with Gasteiger partial charge in [0.2, 0.25) is 0 Å². The van der Waals surface area contributed by atoms with Crippen LogP contribution in [0.5, 0.6) is 0 Å².